The van der Waals surface area contributed by atoms with Crippen molar-refractivity contribution < 1.29 is 22.7 Å². The van der Waals surface area contributed by atoms with Gasteiger partial charge in [-0.2, -0.15) is 0 Å². The molecule has 0 radical (unpaired) electrons. The standard InChI is InChI=1S/C19H17NO5S/c1-13-7-9-15(10-8-13)26(23,24)20-11-14(2)12-25-19(22)18(21)16-5-3-4-6-17(16)20/h3-10H,2,11-12H2,1H3. The first-order chi connectivity index (χ1) is 12.3. The Morgan fingerprint density at radius 2 is 1.69 bits per heavy atom. The van der Waals surface area contributed by atoms with Crippen molar-refractivity contribution in [1.29, 1.82) is 0 Å². The minimum absolute atomic E-state index is 0.0251. The van der Waals surface area contributed by atoms with Crippen molar-refractivity contribution in [2.45, 2.75) is 11.8 Å². The van der Waals surface area contributed by atoms with Crippen LogP contribution in [0.1, 0.15) is 15.9 Å². The SMILES string of the molecule is C=C1COC(=O)C(=O)c2ccccc2N(S(=O)(=O)c2ccc(C)cc2)C1. The van der Waals surface area contributed by atoms with Crippen molar-refractivity contribution in [2.24, 2.45) is 0 Å². The molecule has 7 heteroatoms. The van der Waals surface area contributed by atoms with Crippen LogP contribution in [0.25, 0.3) is 0 Å². The molecule has 0 amide bonds. The molecule has 1 heterocycles. The number of ketones is 1. The molecule has 0 bridgehead atoms. The molecule has 0 saturated carbocycles. The predicted octanol–water partition coefficient (Wildman–Crippen LogP) is 2.49. The Kier molecular flexibility index (Phi) is 4.65. The van der Waals surface area contributed by atoms with E-state index in [9.17, 15) is 18.0 Å². The van der Waals surface area contributed by atoms with Crippen molar-refractivity contribution in [3.8, 4) is 0 Å². The fourth-order valence-electron chi connectivity index (χ4n) is 2.61. The number of nitrogens with zero attached hydrogens (tertiary/aromatic N) is 1. The van der Waals surface area contributed by atoms with Gasteiger partial charge < -0.3 is 4.74 Å². The summed E-state index contributed by atoms with van der Waals surface area (Å²) in [7, 11) is -3.97. The number of ether oxygens (including phenoxy) is 1. The lowest BCUT2D eigenvalue weighted by atomic mass is 10.1. The predicted molar refractivity (Wildman–Crippen MR) is 96.6 cm³/mol. The maximum absolute atomic E-state index is 13.2. The van der Waals surface area contributed by atoms with Crippen LogP contribution in [-0.4, -0.2) is 33.3 Å². The molecule has 3 rings (SSSR count). The third kappa shape index (κ3) is 3.25. The van der Waals surface area contributed by atoms with Gasteiger partial charge in [-0.1, -0.05) is 36.4 Å². The van der Waals surface area contributed by atoms with Crippen LogP contribution in [0, 0.1) is 6.92 Å². The number of benzene rings is 2. The number of carbonyl (C=O) groups excluding carboxylic acids is 2. The summed E-state index contributed by atoms with van der Waals surface area (Å²) >= 11 is 0. The molecule has 26 heavy (non-hydrogen) atoms. The number of esters is 1. The second-order valence-electron chi connectivity index (χ2n) is 6.00. The number of cyclic esters (lactones) is 1. The average molecular weight is 371 g/mol. The molecule has 0 fully saturated rings. The summed E-state index contributed by atoms with van der Waals surface area (Å²) in [6.45, 7) is 5.30. The second-order valence-corrected chi connectivity index (χ2v) is 7.86. The number of hydrogen-bond donors (Lipinski definition) is 0. The fourth-order valence-corrected chi connectivity index (χ4v) is 4.12. The summed E-state index contributed by atoms with van der Waals surface area (Å²) in [6.07, 6.45) is 0. The Morgan fingerprint density at radius 3 is 2.38 bits per heavy atom. The van der Waals surface area contributed by atoms with E-state index < -0.39 is 21.8 Å². The number of rotatable bonds is 2. The average Bonchev–Trinajstić information content (AvgIpc) is 2.67. The van der Waals surface area contributed by atoms with Crippen LogP contribution in [0.2, 0.25) is 0 Å². The van der Waals surface area contributed by atoms with E-state index >= 15 is 0 Å². The number of hydrogen-bond acceptors (Lipinski definition) is 5. The Bertz CT molecular complexity index is 993. The summed E-state index contributed by atoms with van der Waals surface area (Å²) in [6, 6.07) is 12.5. The van der Waals surface area contributed by atoms with Crippen LogP contribution in [0.15, 0.2) is 65.6 Å². The van der Waals surface area contributed by atoms with E-state index in [-0.39, 0.29) is 29.3 Å². The van der Waals surface area contributed by atoms with Crippen LogP contribution in [-0.2, 0) is 19.6 Å². The van der Waals surface area contributed by atoms with E-state index in [4.69, 9.17) is 4.74 Å². The molecule has 6 nitrogen and oxygen atoms in total. The lowest BCUT2D eigenvalue weighted by Crippen LogP contribution is -2.34. The summed E-state index contributed by atoms with van der Waals surface area (Å²) in [4.78, 5) is 24.4. The molecule has 0 atom stereocenters. The van der Waals surface area contributed by atoms with Gasteiger partial charge in [-0.05, 0) is 36.8 Å². The van der Waals surface area contributed by atoms with E-state index in [0.29, 0.717) is 5.57 Å². The molecule has 2 aromatic rings. The van der Waals surface area contributed by atoms with Crippen molar-refractivity contribution in [3.05, 3.63) is 71.8 Å². The quantitative estimate of drug-likeness (QED) is 0.460. The molecular formula is C19H17NO5S. The highest BCUT2D eigenvalue weighted by Gasteiger charge is 2.32. The van der Waals surface area contributed by atoms with Gasteiger partial charge in [-0.25, -0.2) is 13.2 Å². The largest absolute Gasteiger partial charge is 0.455 e. The number of Topliss-reactive ketones (excluding diaryl/α,β-unsaturated/α-hetero) is 1. The van der Waals surface area contributed by atoms with E-state index in [1.165, 1.54) is 24.3 Å². The first-order valence-electron chi connectivity index (χ1n) is 7.87. The van der Waals surface area contributed by atoms with Crippen LogP contribution in [0.3, 0.4) is 0 Å². The number of anilines is 1. The number of sulfonamides is 1. The zero-order valence-corrected chi connectivity index (χ0v) is 15.0. The van der Waals surface area contributed by atoms with Gasteiger partial charge in [-0.3, -0.25) is 9.10 Å². The minimum atomic E-state index is -3.97. The van der Waals surface area contributed by atoms with Crippen LogP contribution < -0.4 is 4.31 Å². The number of aryl methyl sites for hydroxylation is 1. The van der Waals surface area contributed by atoms with Crippen molar-refractivity contribution in [3.63, 3.8) is 0 Å². The lowest BCUT2D eigenvalue weighted by Gasteiger charge is -2.26. The van der Waals surface area contributed by atoms with Gasteiger partial charge in [0.15, 0.2) is 0 Å². The van der Waals surface area contributed by atoms with Crippen LogP contribution >= 0.6 is 0 Å². The van der Waals surface area contributed by atoms with Gasteiger partial charge in [0.1, 0.15) is 6.61 Å². The molecule has 0 saturated heterocycles. The molecule has 0 aliphatic carbocycles. The second kappa shape index (κ2) is 6.76. The highest BCUT2D eigenvalue weighted by Crippen LogP contribution is 2.29. The Balaban J connectivity index is 2.20. The van der Waals surface area contributed by atoms with Gasteiger partial charge >= 0.3 is 5.97 Å². The molecule has 1 aliphatic rings. The van der Waals surface area contributed by atoms with E-state index in [1.807, 2.05) is 6.92 Å². The fraction of sp³-hybridized carbons (Fsp3) is 0.158. The van der Waals surface area contributed by atoms with E-state index in [1.54, 1.807) is 24.3 Å². The van der Waals surface area contributed by atoms with Crippen molar-refractivity contribution >= 4 is 27.5 Å². The van der Waals surface area contributed by atoms with Crippen LogP contribution in [0.5, 0.6) is 0 Å². The van der Waals surface area contributed by atoms with Gasteiger partial charge in [0.05, 0.1) is 22.7 Å². The molecule has 2 aromatic carbocycles. The van der Waals surface area contributed by atoms with E-state index in [2.05, 4.69) is 6.58 Å². The highest BCUT2D eigenvalue weighted by molar-refractivity contribution is 7.92. The smallest absolute Gasteiger partial charge is 0.380 e. The lowest BCUT2D eigenvalue weighted by molar-refractivity contribution is -0.137. The van der Waals surface area contributed by atoms with Crippen molar-refractivity contribution in [1.82, 2.24) is 0 Å². The molecular weight excluding hydrogens is 354 g/mol. The first kappa shape index (κ1) is 17.9. The Labute approximate surface area is 151 Å². The topological polar surface area (TPSA) is 80.8 Å². The van der Waals surface area contributed by atoms with Crippen LogP contribution in [0.4, 0.5) is 5.69 Å². The monoisotopic (exact) mass is 371 g/mol. The summed E-state index contributed by atoms with van der Waals surface area (Å²) in [5.74, 6) is -1.92. The zero-order chi connectivity index (χ0) is 18.9. The van der Waals surface area contributed by atoms with E-state index in [0.717, 1.165) is 9.87 Å². The first-order valence-corrected chi connectivity index (χ1v) is 9.31. The van der Waals surface area contributed by atoms with Gasteiger partial charge in [0, 0.05) is 0 Å². The molecule has 0 N–H and O–H groups in total. The highest BCUT2D eigenvalue weighted by atomic mass is 32.2. The maximum atomic E-state index is 13.2. The number of fused-ring (bicyclic) bond motifs is 1. The minimum Gasteiger partial charge on any atom is -0.455 e. The molecule has 0 spiro atoms. The third-order valence-electron chi connectivity index (χ3n) is 3.99. The third-order valence-corrected chi connectivity index (χ3v) is 5.76. The van der Waals surface area contributed by atoms with Gasteiger partial charge in [-0.15, -0.1) is 0 Å². The summed E-state index contributed by atoms with van der Waals surface area (Å²) < 4.78 is 32.4. The van der Waals surface area contributed by atoms with Gasteiger partial charge in [0.2, 0.25) is 0 Å². The Hall–Kier alpha value is -2.93. The van der Waals surface area contributed by atoms with Gasteiger partial charge in [0.25, 0.3) is 15.8 Å². The normalized spacial score (nSPS) is 15.6. The maximum Gasteiger partial charge on any atom is 0.380 e. The molecule has 0 unspecified atom stereocenters. The number of carbonyl (C=O) groups is 2. The Morgan fingerprint density at radius 1 is 1.04 bits per heavy atom. The van der Waals surface area contributed by atoms with Crippen molar-refractivity contribution in [2.75, 3.05) is 17.5 Å². The molecule has 134 valence electrons. The number of para-hydroxylation sites is 1. The molecule has 0 aromatic heterocycles. The molecule has 1 aliphatic heterocycles. The summed E-state index contributed by atoms with van der Waals surface area (Å²) in [5.41, 5.74) is 1.38. The zero-order valence-electron chi connectivity index (χ0n) is 14.1. The summed E-state index contributed by atoms with van der Waals surface area (Å²) in [5, 5.41) is 0.